The lowest BCUT2D eigenvalue weighted by molar-refractivity contribution is -0.115. The van der Waals surface area contributed by atoms with Gasteiger partial charge in [-0.05, 0) is 30.0 Å². The third-order valence-corrected chi connectivity index (χ3v) is 5.44. The van der Waals surface area contributed by atoms with Crippen molar-refractivity contribution in [3.05, 3.63) is 66.7 Å². The van der Waals surface area contributed by atoms with Gasteiger partial charge in [-0.25, -0.2) is 4.98 Å². The highest BCUT2D eigenvalue weighted by atomic mass is 32.2. The number of nitrogens with one attached hydrogen (secondary N) is 1. The van der Waals surface area contributed by atoms with Crippen LogP contribution in [-0.4, -0.2) is 16.1 Å². The van der Waals surface area contributed by atoms with Gasteiger partial charge in [0.1, 0.15) is 5.52 Å². The summed E-state index contributed by atoms with van der Waals surface area (Å²) in [5.74, 6) is -0.0453. The van der Waals surface area contributed by atoms with E-state index in [-0.39, 0.29) is 11.2 Å². The van der Waals surface area contributed by atoms with E-state index < -0.39 is 0 Å². The molecular formula is C21H18N2O2S. The van der Waals surface area contributed by atoms with Crippen LogP contribution >= 0.6 is 11.8 Å². The third-order valence-electron chi connectivity index (χ3n) is 4.23. The number of hydrogen-bond donors (Lipinski definition) is 1. The van der Waals surface area contributed by atoms with Crippen LogP contribution in [0.5, 0.6) is 0 Å². The van der Waals surface area contributed by atoms with Crippen molar-refractivity contribution in [3.63, 3.8) is 0 Å². The molecular weight excluding hydrogens is 344 g/mol. The molecule has 0 saturated heterocycles. The van der Waals surface area contributed by atoms with Crippen molar-refractivity contribution in [2.24, 2.45) is 0 Å². The predicted molar refractivity (Wildman–Crippen MR) is 107 cm³/mol. The molecule has 1 atom stereocenters. The number of rotatable bonds is 5. The van der Waals surface area contributed by atoms with Crippen molar-refractivity contribution in [2.45, 2.75) is 23.8 Å². The monoisotopic (exact) mass is 362 g/mol. The van der Waals surface area contributed by atoms with E-state index >= 15 is 0 Å². The van der Waals surface area contributed by atoms with Crippen molar-refractivity contribution in [3.8, 4) is 0 Å². The average molecular weight is 362 g/mol. The van der Waals surface area contributed by atoms with Gasteiger partial charge >= 0.3 is 0 Å². The lowest BCUT2D eigenvalue weighted by Gasteiger charge is -2.14. The molecule has 130 valence electrons. The van der Waals surface area contributed by atoms with Gasteiger partial charge in [0, 0.05) is 11.1 Å². The van der Waals surface area contributed by atoms with Gasteiger partial charge < -0.3 is 9.73 Å². The largest absolute Gasteiger partial charge is 0.431 e. The van der Waals surface area contributed by atoms with Crippen LogP contribution in [0, 0.1) is 0 Å². The number of nitrogens with zero attached hydrogens (tertiary/aromatic N) is 1. The summed E-state index contributed by atoms with van der Waals surface area (Å²) in [6.45, 7) is 1.99. The van der Waals surface area contributed by atoms with Crippen LogP contribution in [0.3, 0.4) is 0 Å². The summed E-state index contributed by atoms with van der Waals surface area (Å²) < 4.78 is 5.74. The van der Waals surface area contributed by atoms with Crippen molar-refractivity contribution in [2.75, 3.05) is 5.32 Å². The first kappa shape index (κ1) is 16.7. The molecule has 1 N–H and O–H groups in total. The summed E-state index contributed by atoms with van der Waals surface area (Å²) in [7, 11) is 0. The van der Waals surface area contributed by atoms with Gasteiger partial charge in [-0.2, -0.15) is 0 Å². The minimum absolute atomic E-state index is 0.0453. The molecule has 1 heterocycles. The molecule has 0 aliphatic heterocycles. The Morgan fingerprint density at radius 2 is 1.85 bits per heavy atom. The van der Waals surface area contributed by atoms with Crippen LogP contribution in [0.4, 0.5) is 5.69 Å². The van der Waals surface area contributed by atoms with Gasteiger partial charge in [0.2, 0.25) is 5.91 Å². The number of carbonyl (C=O) groups excluding carboxylic acids is 1. The average Bonchev–Trinajstić information content (AvgIpc) is 3.09. The molecule has 3 aromatic carbocycles. The fraction of sp³-hybridized carbons (Fsp3) is 0.143. The number of carbonyl (C=O) groups is 1. The normalized spacial score (nSPS) is 12.3. The van der Waals surface area contributed by atoms with E-state index in [9.17, 15) is 4.79 Å². The van der Waals surface area contributed by atoms with Crippen LogP contribution in [0.25, 0.3) is 21.9 Å². The fourth-order valence-electron chi connectivity index (χ4n) is 2.89. The molecule has 0 aliphatic rings. The quantitative estimate of drug-likeness (QED) is 0.477. The Morgan fingerprint density at radius 1 is 1.08 bits per heavy atom. The first-order chi connectivity index (χ1) is 12.7. The van der Waals surface area contributed by atoms with E-state index in [4.69, 9.17) is 4.42 Å². The second-order valence-corrected chi connectivity index (χ2v) is 7.13. The fourth-order valence-corrected chi connectivity index (χ4v) is 3.76. The van der Waals surface area contributed by atoms with E-state index in [2.05, 4.69) is 10.3 Å². The Labute approximate surface area is 155 Å². The Hall–Kier alpha value is -2.79. The van der Waals surface area contributed by atoms with Gasteiger partial charge in [0.15, 0.2) is 5.58 Å². The number of para-hydroxylation sites is 2. The van der Waals surface area contributed by atoms with E-state index in [1.165, 1.54) is 11.8 Å². The standard InChI is InChI=1S/C21H18N2O2S/c1-2-19(26-21-23-17-11-5-6-13-18(17)25-21)20(24)22-16-12-7-9-14-8-3-4-10-15(14)16/h3-13,19H,2H2,1H3,(H,22,24). The highest BCUT2D eigenvalue weighted by Crippen LogP contribution is 2.30. The Kier molecular flexibility index (Phi) is 4.63. The summed E-state index contributed by atoms with van der Waals surface area (Å²) in [6.07, 6.45) is 0.681. The highest BCUT2D eigenvalue weighted by Gasteiger charge is 2.21. The first-order valence-electron chi connectivity index (χ1n) is 8.55. The Morgan fingerprint density at radius 3 is 2.69 bits per heavy atom. The lowest BCUT2D eigenvalue weighted by Crippen LogP contribution is -2.24. The van der Waals surface area contributed by atoms with Crippen molar-refractivity contribution in [1.82, 2.24) is 4.98 Å². The SMILES string of the molecule is CCC(Sc1nc2ccccc2o1)C(=O)Nc1cccc2ccccc12. The molecule has 1 amide bonds. The van der Waals surface area contributed by atoms with E-state index in [0.29, 0.717) is 11.6 Å². The van der Waals surface area contributed by atoms with E-state index in [1.54, 1.807) is 0 Å². The number of hydrogen-bond acceptors (Lipinski definition) is 4. The molecule has 1 unspecified atom stereocenters. The zero-order chi connectivity index (χ0) is 17.9. The van der Waals surface area contributed by atoms with Gasteiger partial charge in [0.05, 0.1) is 5.25 Å². The summed E-state index contributed by atoms with van der Waals surface area (Å²) >= 11 is 1.36. The zero-order valence-electron chi connectivity index (χ0n) is 14.3. The molecule has 1 aromatic heterocycles. The number of oxazole rings is 1. The molecule has 0 aliphatic carbocycles. The topological polar surface area (TPSA) is 55.1 Å². The summed E-state index contributed by atoms with van der Waals surface area (Å²) in [5.41, 5.74) is 2.36. The van der Waals surface area contributed by atoms with Crippen LogP contribution < -0.4 is 5.32 Å². The molecule has 4 rings (SSSR count). The molecule has 0 spiro atoms. The van der Waals surface area contributed by atoms with Crippen molar-refractivity contribution < 1.29 is 9.21 Å². The highest BCUT2D eigenvalue weighted by molar-refractivity contribution is 8.00. The maximum Gasteiger partial charge on any atom is 0.257 e. The molecule has 4 nitrogen and oxygen atoms in total. The summed E-state index contributed by atoms with van der Waals surface area (Å²) in [4.78, 5) is 17.3. The molecule has 0 fully saturated rings. The molecule has 0 bridgehead atoms. The van der Waals surface area contributed by atoms with Gasteiger partial charge in [-0.15, -0.1) is 0 Å². The van der Waals surface area contributed by atoms with E-state index in [1.807, 2.05) is 73.7 Å². The predicted octanol–water partition coefficient (Wildman–Crippen LogP) is 5.49. The van der Waals surface area contributed by atoms with Crippen LogP contribution in [0.2, 0.25) is 0 Å². The second kappa shape index (κ2) is 7.22. The number of fused-ring (bicyclic) bond motifs is 2. The lowest BCUT2D eigenvalue weighted by atomic mass is 10.1. The van der Waals surface area contributed by atoms with Crippen molar-refractivity contribution in [1.29, 1.82) is 0 Å². The Balaban J connectivity index is 1.55. The number of thioether (sulfide) groups is 1. The summed E-state index contributed by atoms with van der Waals surface area (Å²) in [5, 5.41) is 5.44. The number of benzene rings is 3. The van der Waals surface area contributed by atoms with E-state index in [0.717, 1.165) is 27.6 Å². The van der Waals surface area contributed by atoms with Crippen LogP contribution in [0.1, 0.15) is 13.3 Å². The third kappa shape index (κ3) is 3.30. The minimum atomic E-state index is -0.276. The van der Waals surface area contributed by atoms with Crippen molar-refractivity contribution >= 4 is 45.2 Å². The second-order valence-electron chi connectivity index (χ2n) is 5.98. The number of anilines is 1. The Bertz CT molecular complexity index is 1040. The minimum Gasteiger partial charge on any atom is -0.431 e. The maximum absolute atomic E-state index is 12.8. The van der Waals surface area contributed by atoms with Crippen LogP contribution in [-0.2, 0) is 4.79 Å². The zero-order valence-corrected chi connectivity index (χ0v) is 15.1. The number of aromatic nitrogens is 1. The number of amides is 1. The van der Waals surface area contributed by atoms with Gasteiger partial charge in [-0.1, -0.05) is 67.2 Å². The molecule has 4 aromatic rings. The first-order valence-corrected chi connectivity index (χ1v) is 9.43. The molecule has 26 heavy (non-hydrogen) atoms. The molecule has 0 radical (unpaired) electrons. The molecule has 0 saturated carbocycles. The maximum atomic E-state index is 12.8. The summed E-state index contributed by atoms with van der Waals surface area (Å²) in [6, 6.07) is 21.5. The van der Waals surface area contributed by atoms with Gasteiger partial charge in [0.25, 0.3) is 5.22 Å². The smallest absolute Gasteiger partial charge is 0.257 e. The van der Waals surface area contributed by atoms with Crippen LogP contribution in [0.15, 0.2) is 76.4 Å². The molecule has 5 heteroatoms. The van der Waals surface area contributed by atoms with Gasteiger partial charge in [-0.3, -0.25) is 4.79 Å².